The Hall–Kier alpha value is -1.19. The molecule has 6 nitrogen and oxygen atoms in total. The van der Waals surface area contributed by atoms with Crippen LogP contribution >= 0.6 is 22.6 Å². The standard InChI is InChI=1S/C18H23IN4O2/c19-16-14-11-13(3-4-15(14)21-22-16)17(24)20-12-18(5-1-2-6-18)23-7-9-25-10-8-23/h3-4,11H,1-2,5-10,12H2,(H,20,24)(H,21,22). The molecule has 2 aliphatic rings. The zero-order valence-corrected chi connectivity index (χ0v) is 16.3. The van der Waals surface area contributed by atoms with E-state index < -0.39 is 0 Å². The van der Waals surface area contributed by atoms with E-state index in [1.54, 1.807) is 0 Å². The average molecular weight is 454 g/mol. The van der Waals surface area contributed by atoms with E-state index in [9.17, 15) is 4.79 Å². The van der Waals surface area contributed by atoms with Crippen LogP contribution in [0.2, 0.25) is 0 Å². The second-order valence-electron chi connectivity index (χ2n) is 6.98. The lowest BCUT2D eigenvalue weighted by Crippen LogP contribution is -2.57. The molecule has 0 atom stereocenters. The first kappa shape index (κ1) is 17.2. The highest BCUT2D eigenvalue weighted by Crippen LogP contribution is 2.35. The number of nitrogens with zero attached hydrogens (tertiary/aromatic N) is 2. The highest BCUT2D eigenvalue weighted by molar-refractivity contribution is 14.1. The fourth-order valence-electron chi connectivity index (χ4n) is 4.14. The Labute approximate surface area is 160 Å². The van der Waals surface area contributed by atoms with Crippen LogP contribution < -0.4 is 5.32 Å². The number of amides is 1. The highest BCUT2D eigenvalue weighted by atomic mass is 127. The van der Waals surface area contributed by atoms with E-state index >= 15 is 0 Å². The van der Waals surface area contributed by atoms with Gasteiger partial charge in [0.1, 0.15) is 3.70 Å². The molecule has 0 spiro atoms. The maximum Gasteiger partial charge on any atom is 0.251 e. The molecule has 1 saturated carbocycles. The van der Waals surface area contributed by atoms with Crippen molar-refractivity contribution in [2.45, 2.75) is 31.2 Å². The van der Waals surface area contributed by atoms with Gasteiger partial charge in [0.15, 0.2) is 0 Å². The Morgan fingerprint density at radius 3 is 2.84 bits per heavy atom. The first-order chi connectivity index (χ1) is 12.2. The lowest BCUT2D eigenvalue weighted by atomic mass is 9.94. The van der Waals surface area contributed by atoms with Crippen molar-refractivity contribution in [3.63, 3.8) is 0 Å². The monoisotopic (exact) mass is 454 g/mol. The summed E-state index contributed by atoms with van der Waals surface area (Å²) in [6, 6.07) is 5.67. The van der Waals surface area contributed by atoms with Crippen LogP contribution in [0, 0.1) is 3.70 Å². The minimum Gasteiger partial charge on any atom is -0.379 e. The number of morpholine rings is 1. The van der Waals surface area contributed by atoms with E-state index in [4.69, 9.17) is 4.74 Å². The van der Waals surface area contributed by atoms with Crippen LogP contribution in [0.4, 0.5) is 0 Å². The summed E-state index contributed by atoms with van der Waals surface area (Å²) in [4.78, 5) is 15.2. The van der Waals surface area contributed by atoms with Gasteiger partial charge in [-0.05, 0) is 53.6 Å². The van der Waals surface area contributed by atoms with Gasteiger partial charge in [0.05, 0.1) is 18.7 Å². The van der Waals surface area contributed by atoms with Gasteiger partial charge in [-0.3, -0.25) is 14.8 Å². The van der Waals surface area contributed by atoms with Gasteiger partial charge in [0, 0.05) is 36.1 Å². The summed E-state index contributed by atoms with van der Waals surface area (Å²) in [5.41, 5.74) is 1.69. The number of ether oxygens (including phenoxy) is 1. The SMILES string of the molecule is O=C(NCC1(N2CCOCC2)CCCC1)c1ccc2n[nH]c(I)c2c1. The minimum absolute atomic E-state index is 0.00145. The molecule has 0 bridgehead atoms. The van der Waals surface area contributed by atoms with Crippen LogP contribution in [-0.2, 0) is 4.74 Å². The van der Waals surface area contributed by atoms with E-state index in [0.717, 1.165) is 53.7 Å². The molecule has 1 aromatic heterocycles. The second-order valence-corrected chi connectivity index (χ2v) is 8.06. The number of benzene rings is 1. The topological polar surface area (TPSA) is 70.2 Å². The van der Waals surface area contributed by atoms with Crippen molar-refractivity contribution in [1.82, 2.24) is 20.4 Å². The van der Waals surface area contributed by atoms with Gasteiger partial charge in [-0.1, -0.05) is 12.8 Å². The Morgan fingerprint density at radius 1 is 1.32 bits per heavy atom. The number of rotatable bonds is 4. The highest BCUT2D eigenvalue weighted by Gasteiger charge is 2.40. The number of aromatic amines is 1. The molecular weight excluding hydrogens is 431 g/mol. The first-order valence-electron chi connectivity index (χ1n) is 8.93. The van der Waals surface area contributed by atoms with Gasteiger partial charge in [0.25, 0.3) is 5.91 Å². The number of nitrogens with one attached hydrogen (secondary N) is 2. The summed E-state index contributed by atoms with van der Waals surface area (Å²) in [7, 11) is 0. The van der Waals surface area contributed by atoms with Crippen molar-refractivity contribution in [3.05, 3.63) is 27.5 Å². The second kappa shape index (κ2) is 7.20. The smallest absolute Gasteiger partial charge is 0.251 e. The molecule has 1 aliphatic heterocycles. The predicted octanol–water partition coefficient (Wildman–Crippen LogP) is 2.54. The number of fused-ring (bicyclic) bond motifs is 1. The largest absolute Gasteiger partial charge is 0.379 e. The Morgan fingerprint density at radius 2 is 2.08 bits per heavy atom. The molecule has 1 amide bonds. The van der Waals surface area contributed by atoms with Crippen LogP contribution in [0.25, 0.3) is 10.9 Å². The van der Waals surface area contributed by atoms with Crippen molar-refractivity contribution in [1.29, 1.82) is 0 Å². The third kappa shape index (κ3) is 3.41. The molecule has 2 N–H and O–H groups in total. The summed E-state index contributed by atoms with van der Waals surface area (Å²) in [5, 5.41) is 11.4. The molecule has 25 heavy (non-hydrogen) atoms. The summed E-state index contributed by atoms with van der Waals surface area (Å²) < 4.78 is 6.47. The van der Waals surface area contributed by atoms with E-state index in [0.29, 0.717) is 12.1 Å². The first-order valence-corrected chi connectivity index (χ1v) is 10.0. The summed E-state index contributed by atoms with van der Waals surface area (Å²) >= 11 is 2.21. The Kier molecular flexibility index (Phi) is 4.97. The van der Waals surface area contributed by atoms with Crippen LogP contribution in [0.1, 0.15) is 36.0 Å². The molecule has 134 valence electrons. The summed E-state index contributed by atoms with van der Waals surface area (Å²) in [6.07, 6.45) is 4.80. The molecule has 2 fully saturated rings. The maximum atomic E-state index is 12.7. The zero-order valence-electron chi connectivity index (χ0n) is 14.2. The molecule has 1 aliphatic carbocycles. The number of carbonyl (C=O) groups excluding carboxylic acids is 1. The molecular formula is C18H23IN4O2. The fourth-order valence-corrected chi connectivity index (χ4v) is 4.70. The predicted molar refractivity (Wildman–Crippen MR) is 105 cm³/mol. The molecule has 0 radical (unpaired) electrons. The zero-order chi connectivity index (χ0) is 17.3. The van der Waals surface area contributed by atoms with Crippen LogP contribution in [0.5, 0.6) is 0 Å². The van der Waals surface area contributed by atoms with Crippen molar-refractivity contribution >= 4 is 39.4 Å². The quantitative estimate of drug-likeness (QED) is 0.697. The minimum atomic E-state index is -0.00145. The number of carbonyl (C=O) groups is 1. The molecule has 2 heterocycles. The van der Waals surface area contributed by atoms with E-state index in [-0.39, 0.29) is 11.4 Å². The lowest BCUT2D eigenvalue weighted by Gasteiger charge is -2.43. The van der Waals surface area contributed by atoms with Gasteiger partial charge in [-0.2, -0.15) is 5.10 Å². The van der Waals surface area contributed by atoms with Crippen LogP contribution in [0.15, 0.2) is 18.2 Å². The van der Waals surface area contributed by atoms with Gasteiger partial charge < -0.3 is 10.1 Å². The van der Waals surface area contributed by atoms with Crippen molar-refractivity contribution < 1.29 is 9.53 Å². The summed E-state index contributed by atoms with van der Waals surface area (Å²) in [5.74, 6) is -0.00145. The van der Waals surface area contributed by atoms with Gasteiger partial charge >= 0.3 is 0 Å². The maximum absolute atomic E-state index is 12.7. The van der Waals surface area contributed by atoms with Crippen molar-refractivity contribution in [2.24, 2.45) is 0 Å². The van der Waals surface area contributed by atoms with Gasteiger partial charge in [-0.25, -0.2) is 0 Å². The summed E-state index contributed by atoms with van der Waals surface area (Å²) in [6.45, 7) is 4.24. The average Bonchev–Trinajstić information content (AvgIpc) is 3.28. The number of halogens is 1. The van der Waals surface area contributed by atoms with E-state index in [1.165, 1.54) is 12.8 Å². The van der Waals surface area contributed by atoms with Crippen LogP contribution in [0.3, 0.4) is 0 Å². The van der Waals surface area contributed by atoms with Crippen molar-refractivity contribution in [3.8, 4) is 0 Å². The molecule has 7 heteroatoms. The Bertz CT molecular complexity index is 764. The number of hydrogen-bond acceptors (Lipinski definition) is 4. The molecule has 1 aromatic carbocycles. The molecule has 0 unspecified atom stereocenters. The Balaban J connectivity index is 1.48. The molecule has 2 aromatic rings. The van der Waals surface area contributed by atoms with E-state index in [2.05, 4.69) is 43.0 Å². The normalized spacial score (nSPS) is 20.8. The third-order valence-electron chi connectivity index (χ3n) is 5.56. The fraction of sp³-hybridized carbons (Fsp3) is 0.556. The number of aromatic nitrogens is 2. The number of hydrogen-bond donors (Lipinski definition) is 2. The van der Waals surface area contributed by atoms with Crippen LogP contribution in [-0.4, -0.2) is 59.4 Å². The third-order valence-corrected chi connectivity index (χ3v) is 6.39. The van der Waals surface area contributed by atoms with E-state index in [1.807, 2.05) is 18.2 Å². The van der Waals surface area contributed by atoms with Gasteiger partial charge in [0.2, 0.25) is 0 Å². The molecule has 4 rings (SSSR count). The lowest BCUT2D eigenvalue weighted by molar-refractivity contribution is -0.0199. The molecule has 1 saturated heterocycles. The van der Waals surface area contributed by atoms with Crippen molar-refractivity contribution in [2.75, 3.05) is 32.8 Å². The number of H-pyrrole nitrogens is 1. The van der Waals surface area contributed by atoms with Gasteiger partial charge in [-0.15, -0.1) is 0 Å².